The molecule has 0 aliphatic carbocycles. The number of rotatable bonds is 8. The molecule has 2 unspecified atom stereocenters. The molecule has 1 aliphatic heterocycles. The Balaban J connectivity index is 0.00000280. The van der Waals surface area contributed by atoms with Crippen LogP contribution in [0, 0.1) is 5.92 Å². The lowest BCUT2D eigenvalue weighted by Crippen LogP contribution is -2.54. The van der Waals surface area contributed by atoms with Gasteiger partial charge in [-0.1, -0.05) is 31.5 Å². The predicted octanol–water partition coefficient (Wildman–Crippen LogP) is 2.67. The molecule has 2 aromatic rings. The first-order valence-electron chi connectivity index (χ1n) is 9.71. The van der Waals surface area contributed by atoms with E-state index in [4.69, 9.17) is 10.3 Å². The summed E-state index contributed by atoms with van der Waals surface area (Å²) in [4.78, 5) is 22.2. The molecule has 1 fully saturated rings. The van der Waals surface area contributed by atoms with Crippen molar-refractivity contribution in [1.82, 2.24) is 19.9 Å². The van der Waals surface area contributed by atoms with E-state index >= 15 is 0 Å². The average molecular weight is 428 g/mol. The predicted molar refractivity (Wildman–Crippen MR) is 114 cm³/mol. The van der Waals surface area contributed by atoms with Crippen LogP contribution in [0.15, 0.2) is 22.0 Å². The fourth-order valence-corrected chi connectivity index (χ4v) is 3.87. The monoisotopic (exact) mass is 427 g/mol. The lowest BCUT2D eigenvalue weighted by Gasteiger charge is -2.36. The topological polar surface area (TPSA) is 88.5 Å². The molecule has 1 amide bonds. The van der Waals surface area contributed by atoms with Crippen LogP contribution in [0.25, 0.3) is 10.7 Å². The van der Waals surface area contributed by atoms with Crippen molar-refractivity contribution < 1.29 is 9.32 Å². The Bertz CT molecular complexity index is 716. The Morgan fingerprint density at radius 3 is 2.75 bits per heavy atom. The molecule has 1 aliphatic rings. The molecule has 0 aromatic carbocycles. The van der Waals surface area contributed by atoms with Crippen LogP contribution < -0.4 is 5.73 Å². The van der Waals surface area contributed by atoms with Gasteiger partial charge in [-0.2, -0.15) is 4.98 Å². The molecule has 2 atom stereocenters. The summed E-state index contributed by atoms with van der Waals surface area (Å²) in [5.74, 6) is 1.68. The summed E-state index contributed by atoms with van der Waals surface area (Å²) in [6, 6.07) is 3.60. The third-order valence-corrected chi connectivity index (χ3v) is 6.17. The van der Waals surface area contributed by atoms with E-state index in [2.05, 4.69) is 22.0 Å². The van der Waals surface area contributed by atoms with Crippen LogP contribution in [0.1, 0.15) is 32.6 Å². The molecule has 7 nitrogen and oxygen atoms in total. The van der Waals surface area contributed by atoms with E-state index in [0.717, 1.165) is 56.9 Å². The zero-order valence-electron chi connectivity index (χ0n) is 16.5. The van der Waals surface area contributed by atoms with Crippen molar-refractivity contribution in [2.45, 2.75) is 39.2 Å². The Labute approximate surface area is 176 Å². The van der Waals surface area contributed by atoms with Gasteiger partial charge in [-0.3, -0.25) is 9.69 Å². The lowest BCUT2D eigenvalue weighted by molar-refractivity contribution is -0.135. The van der Waals surface area contributed by atoms with Gasteiger partial charge in [0.15, 0.2) is 0 Å². The van der Waals surface area contributed by atoms with Crippen molar-refractivity contribution in [3.63, 3.8) is 0 Å². The number of halogens is 1. The minimum atomic E-state index is -0.378. The van der Waals surface area contributed by atoms with Crippen LogP contribution in [0.4, 0.5) is 0 Å². The van der Waals surface area contributed by atoms with Gasteiger partial charge in [0.05, 0.1) is 10.9 Å². The number of hydrogen-bond donors (Lipinski definition) is 1. The van der Waals surface area contributed by atoms with Crippen molar-refractivity contribution in [3.8, 4) is 10.7 Å². The van der Waals surface area contributed by atoms with Crippen molar-refractivity contribution >= 4 is 29.7 Å². The van der Waals surface area contributed by atoms with E-state index in [1.165, 1.54) is 0 Å². The average Bonchev–Trinajstić information content (AvgIpc) is 3.38. The molecule has 2 N–H and O–H groups in total. The van der Waals surface area contributed by atoms with Crippen LogP contribution in [-0.2, 0) is 11.2 Å². The van der Waals surface area contributed by atoms with Crippen molar-refractivity contribution in [2.75, 3.05) is 32.7 Å². The molecular weight excluding hydrogens is 398 g/mol. The Hall–Kier alpha value is -1.48. The van der Waals surface area contributed by atoms with E-state index < -0.39 is 0 Å². The van der Waals surface area contributed by atoms with Gasteiger partial charge in [0.25, 0.3) is 0 Å². The van der Waals surface area contributed by atoms with Gasteiger partial charge in [0, 0.05) is 32.6 Å². The summed E-state index contributed by atoms with van der Waals surface area (Å²) >= 11 is 1.61. The number of amides is 1. The van der Waals surface area contributed by atoms with Gasteiger partial charge in [0.1, 0.15) is 0 Å². The highest BCUT2D eigenvalue weighted by atomic mass is 35.5. The van der Waals surface area contributed by atoms with Gasteiger partial charge < -0.3 is 15.2 Å². The van der Waals surface area contributed by atoms with Gasteiger partial charge in [-0.05, 0) is 30.3 Å². The SMILES string of the molecule is CCC(C)C(N)C(=O)N1CCN(CCCc2nc(-c3cccs3)no2)CC1.Cl. The van der Waals surface area contributed by atoms with Gasteiger partial charge in [0.2, 0.25) is 17.6 Å². The highest BCUT2D eigenvalue weighted by molar-refractivity contribution is 7.13. The minimum absolute atomic E-state index is 0. The largest absolute Gasteiger partial charge is 0.339 e. The molecule has 0 spiro atoms. The van der Waals surface area contributed by atoms with E-state index in [1.54, 1.807) is 11.3 Å². The zero-order chi connectivity index (χ0) is 19.2. The van der Waals surface area contributed by atoms with E-state index in [-0.39, 0.29) is 30.3 Å². The number of aryl methyl sites for hydroxylation is 1. The second-order valence-electron chi connectivity index (χ2n) is 7.17. The molecule has 3 heterocycles. The maximum absolute atomic E-state index is 12.5. The standard InChI is InChI=1S/C19H29N5O2S.ClH/c1-3-14(2)17(20)19(25)24-11-9-23(10-12-24)8-4-7-16-21-18(22-26-16)15-6-5-13-27-15;/h5-6,13-14,17H,3-4,7-12,20H2,1-2H3;1H. The summed E-state index contributed by atoms with van der Waals surface area (Å²) in [5.41, 5.74) is 6.09. The molecule has 0 bridgehead atoms. The molecule has 0 radical (unpaired) electrons. The maximum atomic E-state index is 12.5. The van der Waals surface area contributed by atoms with E-state index in [0.29, 0.717) is 11.7 Å². The number of piperazine rings is 1. The fourth-order valence-electron chi connectivity index (χ4n) is 3.22. The Morgan fingerprint density at radius 1 is 1.36 bits per heavy atom. The summed E-state index contributed by atoms with van der Waals surface area (Å²) in [6.45, 7) is 8.38. The Morgan fingerprint density at radius 2 is 2.11 bits per heavy atom. The van der Waals surface area contributed by atoms with Crippen molar-refractivity contribution in [1.29, 1.82) is 0 Å². The lowest BCUT2D eigenvalue weighted by atomic mass is 9.98. The number of hydrogen-bond acceptors (Lipinski definition) is 7. The first-order valence-corrected chi connectivity index (χ1v) is 10.6. The molecule has 2 aromatic heterocycles. The third kappa shape index (κ3) is 5.76. The van der Waals surface area contributed by atoms with E-state index in [9.17, 15) is 4.79 Å². The number of nitrogens with zero attached hydrogens (tertiary/aromatic N) is 4. The summed E-state index contributed by atoms with van der Waals surface area (Å²) in [7, 11) is 0. The molecule has 28 heavy (non-hydrogen) atoms. The molecule has 1 saturated heterocycles. The minimum Gasteiger partial charge on any atom is -0.339 e. The molecule has 156 valence electrons. The second kappa shape index (κ2) is 10.9. The molecular formula is C19H30ClN5O2S. The summed E-state index contributed by atoms with van der Waals surface area (Å²) < 4.78 is 5.35. The zero-order valence-corrected chi connectivity index (χ0v) is 18.2. The van der Waals surface area contributed by atoms with Gasteiger partial charge in [-0.25, -0.2) is 0 Å². The van der Waals surface area contributed by atoms with Crippen LogP contribution >= 0.6 is 23.7 Å². The number of carbonyl (C=O) groups excluding carboxylic acids is 1. The Kier molecular flexibility index (Phi) is 8.88. The van der Waals surface area contributed by atoms with Crippen molar-refractivity contribution in [2.24, 2.45) is 11.7 Å². The highest BCUT2D eigenvalue weighted by Crippen LogP contribution is 2.21. The van der Waals surface area contributed by atoms with Gasteiger partial charge in [-0.15, -0.1) is 23.7 Å². The molecule has 9 heteroatoms. The number of thiophene rings is 1. The van der Waals surface area contributed by atoms with E-state index in [1.807, 2.05) is 29.3 Å². The first-order chi connectivity index (χ1) is 13.1. The van der Waals surface area contributed by atoms with Crippen LogP contribution in [0.3, 0.4) is 0 Å². The number of carbonyl (C=O) groups is 1. The second-order valence-corrected chi connectivity index (χ2v) is 8.12. The van der Waals surface area contributed by atoms with Crippen LogP contribution in [-0.4, -0.2) is 64.6 Å². The highest BCUT2D eigenvalue weighted by Gasteiger charge is 2.27. The molecule has 0 saturated carbocycles. The first kappa shape index (κ1) is 22.8. The van der Waals surface area contributed by atoms with Gasteiger partial charge >= 0.3 is 0 Å². The maximum Gasteiger partial charge on any atom is 0.239 e. The smallest absolute Gasteiger partial charge is 0.239 e. The fraction of sp³-hybridized carbons (Fsp3) is 0.632. The van der Waals surface area contributed by atoms with Crippen molar-refractivity contribution in [3.05, 3.63) is 23.4 Å². The number of nitrogens with two attached hydrogens (primary N) is 1. The molecule has 3 rings (SSSR count). The summed E-state index contributed by atoms with van der Waals surface area (Å²) in [6.07, 6.45) is 2.67. The third-order valence-electron chi connectivity index (χ3n) is 5.30. The normalized spacial score (nSPS) is 17.2. The number of aromatic nitrogens is 2. The quantitative estimate of drug-likeness (QED) is 0.696. The van der Waals surface area contributed by atoms with Crippen LogP contribution in [0.5, 0.6) is 0 Å². The van der Waals surface area contributed by atoms with Crippen LogP contribution in [0.2, 0.25) is 0 Å². The summed E-state index contributed by atoms with van der Waals surface area (Å²) in [5, 5.41) is 6.05.